The van der Waals surface area contributed by atoms with E-state index in [1.54, 1.807) is 12.3 Å². The van der Waals surface area contributed by atoms with E-state index >= 15 is 0 Å². The van der Waals surface area contributed by atoms with Crippen LogP contribution < -0.4 is 0 Å². The molecule has 2 N–H and O–H groups in total. The highest BCUT2D eigenvalue weighted by molar-refractivity contribution is 5.64. The molecular formula is C10H13N3O. The summed E-state index contributed by atoms with van der Waals surface area (Å²) in [5.41, 5.74) is 1.32. The summed E-state index contributed by atoms with van der Waals surface area (Å²) in [7, 11) is 0. The van der Waals surface area contributed by atoms with Crippen LogP contribution in [0.3, 0.4) is 0 Å². The molecule has 14 heavy (non-hydrogen) atoms. The number of aromatic amines is 1. The average molecular weight is 191 g/mol. The molecule has 0 aliphatic heterocycles. The number of allylic oxidation sites excluding steroid dienone is 3. The van der Waals surface area contributed by atoms with Crippen molar-refractivity contribution in [2.75, 3.05) is 0 Å². The lowest BCUT2D eigenvalue weighted by Gasteiger charge is -1.93. The smallest absolute Gasteiger partial charge is 0.156 e. The van der Waals surface area contributed by atoms with E-state index in [2.05, 4.69) is 21.7 Å². The van der Waals surface area contributed by atoms with Crippen molar-refractivity contribution in [2.24, 2.45) is 4.99 Å². The first kappa shape index (κ1) is 10.4. The van der Waals surface area contributed by atoms with Crippen LogP contribution in [0.2, 0.25) is 0 Å². The molecule has 0 fully saturated rings. The Labute approximate surface area is 82.7 Å². The second-order valence-corrected chi connectivity index (χ2v) is 2.65. The van der Waals surface area contributed by atoms with E-state index in [0.717, 1.165) is 0 Å². The van der Waals surface area contributed by atoms with Crippen LogP contribution >= 0.6 is 0 Å². The summed E-state index contributed by atoms with van der Waals surface area (Å²) >= 11 is 0. The molecule has 1 aromatic heterocycles. The fourth-order valence-corrected chi connectivity index (χ4v) is 0.964. The Kier molecular flexibility index (Phi) is 3.82. The van der Waals surface area contributed by atoms with Crippen LogP contribution in [0, 0.1) is 0 Å². The summed E-state index contributed by atoms with van der Waals surface area (Å²) in [4.78, 5) is 10.8. The normalized spacial score (nSPS) is 12.3. The van der Waals surface area contributed by atoms with Crippen molar-refractivity contribution in [3.8, 4) is 0 Å². The van der Waals surface area contributed by atoms with Crippen molar-refractivity contribution >= 4 is 12.4 Å². The summed E-state index contributed by atoms with van der Waals surface area (Å²) in [6.45, 7) is 5.31. The fraction of sp³-hybridized carbons (Fsp3) is 0.200. The van der Waals surface area contributed by atoms with Gasteiger partial charge in [-0.05, 0) is 19.7 Å². The minimum atomic E-state index is -0.0545. The SMILES string of the molecule is C=N/C(=C\C=C/C)c1ncc(CO)[nH]1. The van der Waals surface area contributed by atoms with Gasteiger partial charge in [-0.1, -0.05) is 12.2 Å². The average Bonchev–Trinajstić information content (AvgIpc) is 2.68. The van der Waals surface area contributed by atoms with Crippen LogP contribution in [-0.2, 0) is 6.61 Å². The zero-order valence-electron chi connectivity index (χ0n) is 8.07. The number of nitrogens with zero attached hydrogens (tertiary/aromatic N) is 2. The van der Waals surface area contributed by atoms with E-state index in [0.29, 0.717) is 17.2 Å². The molecule has 0 aliphatic rings. The number of H-pyrrole nitrogens is 1. The minimum Gasteiger partial charge on any atom is -0.390 e. The first-order valence-corrected chi connectivity index (χ1v) is 4.26. The van der Waals surface area contributed by atoms with Gasteiger partial charge in [0.2, 0.25) is 0 Å². The molecule has 0 amide bonds. The van der Waals surface area contributed by atoms with Gasteiger partial charge in [0.05, 0.1) is 18.5 Å². The second kappa shape index (κ2) is 5.14. The van der Waals surface area contributed by atoms with Crippen molar-refractivity contribution in [3.63, 3.8) is 0 Å². The Morgan fingerprint density at radius 1 is 1.79 bits per heavy atom. The lowest BCUT2D eigenvalue weighted by atomic mass is 10.3. The standard InChI is InChI=1S/C10H13N3O/c1-3-4-5-9(11-2)10-12-6-8(7-14)13-10/h3-6,14H,2,7H2,1H3,(H,12,13)/b4-3-,9-5-. The molecule has 1 aromatic rings. The Hall–Kier alpha value is -1.68. The summed E-state index contributed by atoms with van der Waals surface area (Å²) in [5.74, 6) is 0.613. The minimum absolute atomic E-state index is 0.0545. The molecule has 1 rings (SSSR count). The number of imidazole rings is 1. The van der Waals surface area contributed by atoms with Crippen molar-refractivity contribution in [1.29, 1.82) is 0 Å². The highest BCUT2D eigenvalue weighted by Crippen LogP contribution is 2.11. The summed E-state index contributed by atoms with van der Waals surface area (Å²) in [6, 6.07) is 0. The first-order valence-electron chi connectivity index (χ1n) is 4.26. The van der Waals surface area contributed by atoms with Gasteiger partial charge in [0.1, 0.15) is 5.70 Å². The van der Waals surface area contributed by atoms with E-state index in [4.69, 9.17) is 5.11 Å². The molecule has 0 radical (unpaired) electrons. The van der Waals surface area contributed by atoms with Crippen molar-refractivity contribution < 1.29 is 5.11 Å². The van der Waals surface area contributed by atoms with Crippen molar-refractivity contribution in [1.82, 2.24) is 9.97 Å². The largest absolute Gasteiger partial charge is 0.390 e. The number of rotatable bonds is 4. The lowest BCUT2D eigenvalue weighted by molar-refractivity contribution is 0.277. The van der Waals surface area contributed by atoms with Gasteiger partial charge >= 0.3 is 0 Å². The Morgan fingerprint density at radius 3 is 3.07 bits per heavy atom. The molecule has 0 aromatic carbocycles. The molecule has 0 saturated heterocycles. The molecule has 74 valence electrons. The molecule has 4 heteroatoms. The summed E-state index contributed by atoms with van der Waals surface area (Å²) in [6.07, 6.45) is 7.11. The number of nitrogens with one attached hydrogen (secondary N) is 1. The predicted octanol–water partition coefficient (Wildman–Crippen LogP) is 1.52. The van der Waals surface area contributed by atoms with Crippen molar-refractivity contribution in [2.45, 2.75) is 13.5 Å². The predicted molar refractivity (Wildman–Crippen MR) is 56.9 cm³/mol. The Balaban J connectivity index is 2.94. The van der Waals surface area contributed by atoms with Gasteiger partial charge in [0.25, 0.3) is 0 Å². The van der Waals surface area contributed by atoms with Crippen LogP contribution in [0.5, 0.6) is 0 Å². The maximum Gasteiger partial charge on any atom is 0.156 e. The number of aliphatic hydroxyl groups excluding tert-OH is 1. The number of aliphatic imine (C=N–C) groups is 1. The van der Waals surface area contributed by atoms with Gasteiger partial charge in [0.15, 0.2) is 5.82 Å². The van der Waals surface area contributed by atoms with Gasteiger partial charge in [-0.2, -0.15) is 0 Å². The van der Waals surface area contributed by atoms with Crippen LogP contribution in [0.15, 0.2) is 29.4 Å². The molecular weight excluding hydrogens is 178 g/mol. The monoisotopic (exact) mass is 191 g/mol. The summed E-state index contributed by atoms with van der Waals surface area (Å²) < 4.78 is 0. The zero-order chi connectivity index (χ0) is 10.4. The molecule has 1 heterocycles. The van der Waals surface area contributed by atoms with Crippen LogP contribution in [0.25, 0.3) is 5.70 Å². The molecule has 0 unspecified atom stereocenters. The highest BCUT2D eigenvalue weighted by Gasteiger charge is 2.02. The summed E-state index contributed by atoms with van der Waals surface area (Å²) in [5, 5.41) is 8.83. The highest BCUT2D eigenvalue weighted by atomic mass is 16.3. The Morgan fingerprint density at radius 2 is 2.57 bits per heavy atom. The Bertz CT molecular complexity index is 363. The van der Waals surface area contributed by atoms with Crippen molar-refractivity contribution in [3.05, 3.63) is 35.9 Å². The number of hydrogen-bond donors (Lipinski definition) is 2. The van der Waals surface area contributed by atoms with Crippen LogP contribution in [0.4, 0.5) is 0 Å². The third-order valence-electron chi connectivity index (χ3n) is 1.66. The van der Waals surface area contributed by atoms with E-state index in [-0.39, 0.29) is 6.61 Å². The molecule has 0 spiro atoms. The van der Waals surface area contributed by atoms with E-state index in [1.165, 1.54) is 0 Å². The second-order valence-electron chi connectivity index (χ2n) is 2.65. The van der Waals surface area contributed by atoms with Gasteiger partial charge < -0.3 is 10.1 Å². The van der Waals surface area contributed by atoms with Gasteiger partial charge in [-0.15, -0.1) is 0 Å². The molecule has 0 saturated carbocycles. The molecule has 0 atom stereocenters. The number of aliphatic hydroxyl groups is 1. The first-order chi connectivity index (χ1) is 6.81. The van der Waals surface area contributed by atoms with Gasteiger partial charge in [-0.3, -0.25) is 4.99 Å². The fourth-order valence-electron chi connectivity index (χ4n) is 0.964. The maximum absolute atomic E-state index is 8.83. The van der Waals surface area contributed by atoms with Gasteiger partial charge in [-0.25, -0.2) is 4.98 Å². The van der Waals surface area contributed by atoms with E-state index < -0.39 is 0 Å². The maximum atomic E-state index is 8.83. The van der Waals surface area contributed by atoms with E-state index in [9.17, 15) is 0 Å². The molecule has 0 aliphatic carbocycles. The molecule has 0 bridgehead atoms. The van der Waals surface area contributed by atoms with Crippen LogP contribution in [0.1, 0.15) is 18.4 Å². The zero-order valence-corrected chi connectivity index (χ0v) is 8.07. The van der Waals surface area contributed by atoms with Crippen LogP contribution in [-0.4, -0.2) is 21.8 Å². The topological polar surface area (TPSA) is 61.3 Å². The van der Waals surface area contributed by atoms with E-state index in [1.807, 2.05) is 19.1 Å². The number of aromatic nitrogens is 2. The third kappa shape index (κ3) is 2.40. The molecule has 4 nitrogen and oxygen atoms in total. The van der Waals surface area contributed by atoms with Gasteiger partial charge in [0, 0.05) is 0 Å². The number of hydrogen-bond acceptors (Lipinski definition) is 3. The quantitative estimate of drug-likeness (QED) is 0.560. The lowest BCUT2D eigenvalue weighted by Crippen LogP contribution is -1.85. The third-order valence-corrected chi connectivity index (χ3v) is 1.66.